The number of nitrogens with zero attached hydrogens (tertiary/aromatic N) is 3. The van der Waals surface area contributed by atoms with Crippen molar-refractivity contribution in [3.63, 3.8) is 0 Å². The topological polar surface area (TPSA) is 66.1 Å². The van der Waals surface area contributed by atoms with Crippen LogP contribution in [0.3, 0.4) is 0 Å². The number of rotatable bonds is 6. The Bertz CT molecular complexity index is 536. The Morgan fingerprint density at radius 3 is 2.76 bits per heavy atom. The van der Waals surface area contributed by atoms with Crippen molar-refractivity contribution in [3.8, 4) is 11.3 Å². The fraction of sp³-hybridized carbons (Fsp3) is 0.467. The van der Waals surface area contributed by atoms with Crippen molar-refractivity contribution >= 4 is 0 Å². The van der Waals surface area contributed by atoms with Crippen LogP contribution in [0.5, 0.6) is 0 Å². The normalized spacial score (nSPS) is 16.2. The third-order valence-electron chi connectivity index (χ3n) is 3.67. The number of aromatic nitrogens is 3. The molecule has 0 aliphatic carbocycles. The van der Waals surface area contributed by atoms with Gasteiger partial charge in [-0.2, -0.15) is 15.4 Å². The third-order valence-corrected chi connectivity index (χ3v) is 3.67. The average molecular weight is 287 g/mol. The van der Waals surface area contributed by atoms with Gasteiger partial charge in [-0.25, -0.2) is 0 Å². The van der Waals surface area contributed by atoms with Gasteiger partial charge in [-0.3, -0.25) is 4.90 Å². The van der Waals surface area contributed by atoms with E-state index in [1.807, 2.05) is 18.2 Å². The maximum atomic E-state index is 5.35. The van der Waals surface area contributed by atoms with Crippen molar-refractivity contribution in [1.29, 1.82) is 0 Å². The molecule has 0 amide bonds. The Kier molecular flexibility index (Phi) is 4.94. The first-order chi connectivity index (χ1) is 10.4. The minimum absolute atomic E-state index is 0.727. The van der Waals surface area contributed by atoms with Crippen molar-refractivity contribution in [1.82, 2.24) is 25.6 Å². The van der Waals surface area contributed by atoms with E-state index in [0.717, 1.165) is 62.9 Å². The van der Waals surface area contributed by atoms with E-state index in [9.17, 15) is 0 Å². The van der Waals surface area contributed by atoms with Crippen molar-refractivity contribution in [2.75, 3.05) is 39.4 Å². The minimum atomic E-state index is 0.727. The van der Waals surface area contributed by atoms with Gasteiger partial charge in [-0.15, -0.1) is 0 Å². The summed E-state index contributed by atoms with van der Waals surface area (Å²) in [4.78, 5) is 2.41. The second-order valence-electron chi connectivity index (χ2n) is 5.12. The molecule has 1 aliphatic heterocycles. The molecule has 0 unspecified atom stereocenters. The molecule has 0 saturated carbocycles. The largest absolute Gasteiger partial charge is 0.379 e. The highest BCUT2D eigenvalue weighted by atomic mass is 16.5. The molecule has 0 bridgehead atoms. The summed E-state index contributed by atoms with van der Waals surface area (Å²) in [5.41, 5.74) is 2.98. The maximum Gasteiger partial charge on any atom is 0.117 e. The van der Waals surface area contributed by atoms with Crippen LogP contribution in [0, 0.1) is 0 Å². The van der Waals surface area contributed by atoms with Gasteiger partial charge in [0, 0.05) is 38.3 Å². The second-order valence-corrected chi connectivity index (χ2v) is 5.12. The zero-order valence-corrected chi connectivity index (χ0v) is 12.1. The molecule has 1 fully saturated rings. The lowest BCUT2D eigenvalue weighted by molar-refractivity contribution is 0.0384. The Labute approximate surface area is 124 Å². The molecule has 0 spiro atoms. The summed E-state index contributed by atoms with van der Waals surface area (Å²) in [5, 5.41) is 14.7. The third kappa shape index (κ3) is 3.87. The van der Waals surface area contributed by atoms with E-state index in [-0.39, 0.29) is 0 Å². The number of ether oxygens (including phenoxy) is 1. The minimum Gasteiger partial charge on any atom is -0.379 e. The predicted octanol–water partition coefficient (Wildman–Crippen LogP) is 0.893. The smallest absolute Gasteiger partial charge is 0.117 e. The number of hydrogen-bond acceptors (Lipinski definition) is 5. The molecule has 0 radical (unpaired) electrons. The zero-order chi connectivity index (χ0) is 14.3. The van der Waals surface area contributed by atoms with E-state index in [2.05, 4.69) is 37.8 Å². The first-order valence-electron chi connectivity index (χ1n) is 7.39. The summed E-state index contributed by atoms with van der Waals surface area (Å²) in [7, 11) is 0. The summed E-state index contributed by atoms with van der Waals surface area (Å²) < 4.78 is 5.35. The molecule has 1 aromatic carbocycles. The molecule has 1 saturated heterocycles. The Morgan fingerprint density at radius 2 is 1.95 bits per heavy atom. The van der Waals surface area contributed by atoms with Gasteiger partial charge >= 0.3 is 0 Å². The zero-order valence-electron chi connectivity index (χ0n) is 12.1. The molecule has 112 valence electrons. The van der Waals surface area contributed by atoms with Crippen LogP contribution in [0.1, 0.15) is 5.69 Å². The van der Waals surface area contributed by atoms with Crippen molar-refractivity contribution in [2.45, 2.75) is 6.54 Å². The van der Waals surface area contributed by atoms with Crippen LogP contribution >= 0.6 is 0 Å². The molecule has 6 heteroatoms. The number of aromatic amines is 1. The SMILES string of the molecule is c1ccc(-c2n[nH]nc2CNCCN2CCOCC2)cc1. The molecule has 21 heavy (non-hydrogen) atoms. The van der Waals surface area contributed by atoms with Crippen molar-refractivity contribution < 1.29 is 4.74 Å². The lowest BCUT2D eigenvalue weighted by atomic mass is 10.1. The summed E-state index contributed by atoms with van der Waals surface area (Å²) in [5.74, 6) is 0. The Hall–Kier alpha value is -1.76. The highest BCUT2D eigenvalue weighted by molar-refractivity contribution is 5.60. The van der Waals surface area contributed by atoms with Gasteiger partial charge in [0.05, 0.1) is 13.2 Å². The molecule has 3 rings (SSSR count). The Balaban J connectivity index is 1.49. The van der Waals surface area contributed by atoms with E-state index < -0.39 is 0 Å². The van der Waals surface area contributed by atoms with Crippen LogP contribution in [0.15, 0.2) is 30.3 Å². The quantitative estimate of drug-likeness (QED) is 0.773. The standard InChI is InChI=1S/C15H21N5O/c1-2-4-13(5-3-1)15-14(17-19-18-15)12-16-6-7-20-8-10-21-11-9-20/h1-5,16H,6-12H2,(H,17,18,19). The molecule has 2 aromatic rings. The molecule has 6 nitrogen and oxygen atoms in total. The van der Waals surface area contributed by atoms with E-state index in [4.69, 9.17) is 4.74 Å². The fourth-order valence-electron chi connectivity index (χ4n) is 2.47. The van der Waals surface area contributed by atoms with Gasteiger partial charge in [0.1, 0.15) is 11.4 Å². The van der Waals surface area contributed by atoms with Crippen molar-refractivity contribution in [3.05, 3.63) is 36.0 Å². The van der Waals surface area contributed by atoms with Gasteiger partial charge in [0.25, 0.3) is 0 Å². The summed E-state index contributed by atoms with van der Waals surface area (Å²) in [6.07, 6.45) is 0. The predicted molar refractivity (Wildman–Crippen MR) is 80.8 cm³/mol. The van der Waals surface area contributed by atoms with E-state index in [0.29, 0.717) is 0 Å². The molecular weight excluding hydrogens is 266 g/mol. The van der Waals surface area contributed by atoms with Crippen LogP contribution in [0.4, 0.5) is 0 Å². The second kappa shape index (κ2) is 7.31. The molecule has 1 aliphatic rings. The molecule has 1 aromatic heterocycles. The van der Waals surface area contributed by atoms with Gasteiger partial charge in [-0.1, -0.05) is 30.3 Å². The van der Waals surface area contributed by atoms with Crippen molar-refractivity contribution in [2.24, 2.45) is 0 Å². The van der Waals surface area contributed by atoms with Crippen LogP contribution < -0.4 is 5.32 Å². The number of nitrogens with one attached hydrogen (secondary N) is 2. The summed E-state index contributed by atoms with van der Waals surface area (Å²) >= 11 is 0. The lowest BCUT2D eigenvalue weighted by Gasteiger charge is -2.26. The maximum absolute atomic E-state index is 5.35. The first-order valence-corrected chi connectivity index (χ1v) is 7.39. The number of benzene rings is 1. The summed E-state index contributed by atoms with van der Waals surface area (Å²) in [6, 6.07) is 10.1. The van der Waals surface area contributed by atoms with Crippen LogP contribution in [0.25, 0.3) is 11.3 Å². The molecule has 0 atom stereocenters. The average Bonchev–Trinajstić information content (AvgIpc) is 3.02. The lowest BCUT2D eigenvalue weighted by Crippen LogP contribution is -2.40. The van der Waals surface area contributed by atoms with E-state index in [1.165, 1.54) is 0 Å². The Morgan fingerprint density at radius 1 is 1.14 bits per heavy atom. The van der Waals surface area contributed by atoms with Gasteiger partial charge in [-0.05, 0) is 0 Å². The number of morpholine rings is 1. The molecular formula is C15H21N5O. The highest BCUT2D eigenvalue weighted by Crippen LogP contribution is 2.18. The van der Waals surface area contributed by atoms with Gasteiger partial charge in [0.2, 0.25) is 0 Å². The number of hydrogen-bond donors (Lipinski definition) is 2. The van der Waals surface area contributed by atoms with Gasteiger partial charge in [0.15, 0.2) is 0 Å². The van der Waals surface area contributed by atoms with Gasteiger partial charge < -0.3 is 10.1 Å². The van der Waals surface area contributed by atoms with Crippen LogP contribution in [-0.2, 0) is 11.3 Å². The summed E-state index contributed by atoms with van der Waals surface area (Å²) in [6.45, 7) is 6.47. The van der Waals surface area contributed by atoms with E-state index >= 15 is 0 Å². The highest BCUT2D eigenvalue weighted by Gasteiger charge is 2.11. The number of H-pyrrole nitrogens is 1. The molecule has 2 N–H and O–H groups in total. The monoisotopic (exact) mass is 287 g/mol. The first kappa shape index (κ1) is 14.2. The van der Waals surface area contributed by atoms with E-state index in [1.54, 1.807) is 0 Å². The molecule has 2 heterocycles. The fourth-order valence-corrected chi connectivity index (χ4v) is 2.47. The van der Waals surface area contributed by atoms with Crippen LogP contribution in [0.2, 0.25) is 0 Å². The van der Waals surface area contributed by atoms with Crippen LogP contribution in [-0.4, -0.2) is 59.7 Å².